The Bertz CT molecular complexity index is 967. The largest absolute Gasteiger partial charge is 0.444 e. The zero-order valence-corrected chi connectivity index (χ0v) is 18.0. The smallest absolute Gasteiger partial charge is 0.410 e. The molecule has 2 aromatic rings. The van der Waals surface area contributed by atoms with E-state index in [1.165, 1.54) is 0 Å². The molecule has 0 bridgehead atoms. The standard InChI is InChI=1S/C21H23BrN4O4/c22-19-10-17(30-25-19)12-24-20(27)9-16-5-3-7-26(16)21(28)29-13-14-8-15-4-1-2-6-18(15)23-11-14/h1-2,4,6,8,11,16-17H,3,5,7,9-10,12-13H2,(H,24,27)/t16-,17-/m0/s1. The third-order valence-electron chi connectivity index (χ3n) is 5.27. The van der Waals surface area contributed by atoms with Crippen molar-refractivity contribution < 1.29 is 19.2 Å². The monoisotopic (exact) mass is 474 g/mol. The van der Waals surface area contributed by atoms with E-state index in [0.717, 1.165) is 33.9 Å². The van der Waals surface area contributed by atoms with Crippen LogP contribution in [0.1, 0.15) is 31.2 Å². The van der Waals surface area contributed by atoms with Gasteiger partial charge in [-0.2, -0.15) is 0 Å². The van der Waals surface area contributed by atoms with Crippen molar-refractivity contribution in [2.45, 2.75) is 44.4 Å². The molecule has 158 valence electrons. The molecule has 30 heavy (non-hydrogen) atoms. The van der Waals surface area contributed by atoms with Crippen LogP contribution in [-0.4, -0.2) is 51.7 Å². The van der Waals surface area contributed by atoms with Crippen LogP contribution in [0.25, 0.3) is 10.9 Å². The lowest BCUT2D eigenvalue weighted by Crippen LogP contribution is -2.40. The van der Waals surface area contributed by atoms with Gasteiger partial charge in [-0.25, -0.2) is 4.79 Å². The second-order valence-electron chi connectivity index (χ2n) is 7.49. The van der Waals surface area contributed by atoms with Gasteiger partial charge in [-0.1, -0.05) is 23.4 Å². The summed E-state index contributed by atoms with van der Waals surface area (Å²) in [5.41, 5.74) is 1.74. The van der Waals surface area contributed by atoms with Crippen LogP contribution in [0.15, 0.2) is 41.7 Å². The molecule has 0 saturated carbocycles. The van der Waals surface area contributed by atoms with Crippen LogP contribution in [0.2, 0.25) is 0 Å². The van der Waals surface area contributed by atoms with Crippen LogP contribution >= 0.6 is 15.9 Å². The average molecular weight is 475 g/mol. The normalized spacial score (nSPS) is 20.7. The molecule has 9 heteroatoms. The minimum Gasteiger partial charge on any atom is -0.444 e. The summed E-state index contributed by atoms with van der Waals surface area (Å²) in [6.07, 6.45) is 3.72. The first-order chi connectivity index (χ1) is 14.6. The molecule has 0 aliphatic carbocycles. The van der Waals surface area contributed by atoms with Gasteiger partial charge in [0.25, 0.3) is 0 Å². The number of nitrogens with zero attached hydrogens (tertiary/aromatic N) is 3. The van der Waals surface area contributed by atoms with Crippen LogP contribution in [0, 0.1) is 0 Å². The molecule has 3 heterocycles. The molecule has 2 amide bonds. The lowest BCUT2D eigenvalue weighted by molar-refractivity contribution is -0.122. The van der Waals surface area contributed by atoms with Crippen molar-refractivity contribution in [2.24, 2.45) is 5.16 Å². The summed E-state index contributed by atoms with van der Waals surface area (Å²) in [5, 5.41) is 7.67. The number of para-hydroxylation sites is 1. The maximum atomic E-state index is 12.6. The summed E-state index contributed by atoms with van der Waals surface area (Å²) in [5.74, 6) is -0.106. The van der Waals surface area contributed by atoms with Crippen LogP contribution in [0.3, 0.4) is 0 Å². The van der Waals surface area contributed by atoms with Crippen molar-refractivity contribution in [3.63, 3.8) is 0 Å². The number of hydrogen-bond donors (Lipinski definition) is 1. The Kier molecular flexibility index (Phi) is 6.47. The molecule has 1 aromatic heterocycles. The number of likely N-dealkylation sites (tertiary alicyclic amines) is 1. The fraction of sp³-hybridized carbons (Fsp3) is 0.429. The molecule has 8 nitrogen and oxygen atoms in total. The third-order valence-corrected chi connectivity index (χ3v) is 5.73. The fourth-order valence-corrected chi connectivity index (χ4v) is 4.17. The summed E-state index contributed by atoms with van der Waals surface area (Å²) in [4.78, 5) is 36.1. The van der Waals surface area contributed by atoms with E-state index >= 15 is 0 Å². The maximum absolute atomic E-state index is 12.6. The first kappa shape index (κ1) is 20.6. The molecule has 0 radical (unpaired) electrons. The van der Waals surface area contributed by atoms with Gasteiger partial charge in [0.05, 0.1) is 12.1 Å². The Hall–Kier alpha value is -2.68. The highest BCUT2D eigenvalue weighted by molar-refractivity contribution is 9.18. The van der Waals surface area contributed by atoms with Crippen molar-refractivity contribution in [1.29, 1.82) is 0 Å². The number of rotatable bonds is 6. The van der Waals surface area contributed by atoms with Crippen molar-refractivity contribution in [3.8, 4) is 0 Å². The summed E-state index contributed by atoms with van der Waals surface area (Å²) < 4.78 is 6.24. The van der Waals surface area contributed by atoms with Gasteiger partial charge in [-0.3, -0.25) is 9.78 Å². The number of fused-ring (bicyclic) bond motifs is 1. The highest BCUT2D eigenvalue weighted by atomic mass is 79.9. The first-order valence-electron chi connectivity index (χ1n) is 10.0. The number of halogens is 1. The topological polar surface area (TPSA) is 93.1 Å². The van der Waals surface area contributed by atoms with Gasteiger partial charge in [-0.15, -0.1) is 0 Å². The second-order valence-corrected chi connectivity index (χ2v) is 8.40. The van der Waals surface area contributed by atoms with Gasteiger partial charge in [0, 0.05) is 42.6 Å². The summed E-state index contributed by atoms with van der Waals surface area (Å²) >= 11 is 3.27. The zero-order valence-electron chi connectivity index (χ0n) is 16.4. The predicted molar refractivity (Wildman–Crippen MR) is 115 cm³/mol. The van der Waals surface area contributed by atoms with Crippen molar-refractivity contribution >= 4 is 43.5 Å². The lowest BCUT2D eigenvalue weighted by Gasteiger charge is -2.24. The number of hydrogen-bond acceptors (Lipinski definition) is 6. The molecule has 0 unspecified atom stereocenters. The number of carbonyl (C=O) groups is 2. The molecule has 0 spiro atoms. The maximum Gasteiger partial charge on any atom is 0.410 e. The first-order valence-corrected chi connectivity index (χ1v) is 10.8. The number of aromatic nitrogens is 1. The highest BCUT2D eigenvalue weighted by Crippen LogP contribution is 2.22. The Labute approximate surface area is 182 Å². The van der Waals surface area contributed by atoms with E-state index in [-0.39, 0.29) is 31.1 Å². The predicted octanol–water partition coefficient (Wildman–Crippen LogP) is 3.34. The van der Waals surface area contributed by atoms with E-state index < -0.39 is 6.09 Å². The molecule has 2 atom stereocenters. The Morgan fingerprint density at radius 1 is 1.33 bits per heavy atom. The number of ether oxygens (including phenoxy) is 1. The minimum absolute atomic E-state index is 0.106. The number of amides is 2. The molecule has 1 saturated heterocycles. The molecule has 2 aliphatic heterocycles. The summed E-state index contributed by atoms with van der Waals surface area (Å²) in [6.45, 7) is 1.14. The molecular formula is C21H23BrN4O4. The Morgan fingerprint density at radius 3 is 3.03 bits per heavy atom. The van der Waals surface area contributed by atoms with Crippen molar-refractivity contribution in [3.05, 3.63) is 42.1 Å². The van der Waals surface area contributed by atoms with E-state index in [9.17, 15) is 9.59 Å². The number of carbonyl (C=O) groups excluding carboxylic acids is 2. The highest BCUT2D eigenvalue weighted by Gasteiger charge is 2.32. The van der Waals surface area contributed by atoms with E-state index in [1.54, 1.807) is 11.1 Å². The summed E-state index contributed by atoms with van der Waals surface area (Å²) in [7, 11) is 0. The zero-order chi connectivity index (χ0) is 20.9. The van der Waals surface area contributed by atoms with E-state index in [1.807, 2.05) is 30.3 Å². The lowest BCUT2D eigenvalue weighted by atomic mass is 10.1. The molecular weight excluding hydrogens is 452 g/mol. The van der Waals surface area contributed by atoms with Gasteiger partial charge in [-0.05, 0) is 40.9 Å². The quantitative estimate of drug-likeness (QED) is 0.692. The molecule has 1 N–H and O–H groups in total. The van der Waals surface area contributed by atoms with Crippen LogP contribution in [0.4, 0.5) is 4.79 Å². The van der Waals surface area contributed by atoms with E-state index in [2.05, 4.69) is 31.4 Å². The second kappa shape index (κ2) is 9.42. The van der Waals surface area contributed by atoms with Gasteiger partial charge >= 0.3 is 6.09 Å². The number of pyridine rings is 1. The van der Waals surface area contributed by atoms with Crippen LogP contribution in [-0.2, 0) is 21.0 Å². The van der Waals surface area contributed by atoms with Gasteiger partial charge in [0.2, 0.25) is 5.91 Å². The minimum atomic E-state index is -0.394. The Balaban J connectivity index is 1.25. The molecule has 1 aromatic carbocycles. The number of nitrogens with one attached hydrogen (secondary N) is 1. The van der Waals surface area contributed by atoms with Gasteiger partial charge in [0.15, 0.2) is 6.10 Å². The summed E-state index contributed by atoms with van der Waals surface area (Å²) in [6, 6.07) is 9.62. The average Bonchev–Trinajstić information content (AvgIpc) is 3.39. The fourth-order valence-electron chi connectivity index (χ4n) is 3.73. The number of oxime groups is 1. The van der Waals surface area contributed by atoms with Crippen LogP contribution in [0.5, 0.6) is 0 Å². The number of benzene rings is 1. The molecule has 1 fully saturated rings. The van der Waals surface area contributed by atoms with Crippen molar-refractivity contribution in [1.82, 2.24) is 15.2 Å². The third kappa shape index (κ3) is 5.08. The van der Waals surface area contributed by atoms with Crippen molar-refractivity contribution in [2.75, 3.05) is 13.1 Å². The van der Waals surface area contributed by atoms with E-state index in [0.29, 0.717) is 19.5 Å². The molecule has 2 aliphatic rings. The van der Waals surface area contributed by atoms with Gasteiger partial charge < -0.3 is 19.8 Å². The Morgan fingerprint density at radius 2 is 2.20 bits per heavy atom. The van der Waals surface area contributed by atoms with E-state index in [4.69, 9.17) is 9.57 Å². The van der Waals surface area contributed by atoms with Gasteiger partial charge in [0.1, 0.15) is 11.2 Å². The molecule has 4 rings (SSSR count). The van der Waals surface area contributed by atoms with Crippen LogP contribution < -0.4 is 5.32 Å². The SMILES string of the molecule is O=C(C[C@@H]1CCCN1C(=O)OCc1cnc2ccccc2c1)NC[C@@H]1CC(Br)=NO1.